The number of hydrogen-bond acceptors (Lipinski definition) is 0. The van der Waals surface area contributed by atoms with Crippen molar-refractivity contribution >= 4 is 87.2 Å². The van der Waals surface area contributed by atoms with E-state index in [-0.39, 0.29) is 0 Å². The second-order valence-corrected chi connectivity index (χ2v) is 21.2. The van der Waals surface area contributed by atoms with Crippen molar-refractivity contribution in [2.75, 3.05) is 0 Å². The summed E-state index contributed by atoms with van der Waals surface area (Å²) in [6, 6.07) is 101. The zero-order chi connectivity index (χ0) is 52.1. The molecule has 0 saturated heterocycles. The van der Waals surface area contributed by atoms with Gasteiger partial charge in [0.2, 0.25) is 0 Å². The van der Waals surface area contributed by atoms with Gasteiger partial charge in [-0.1, -0.05) is 189 Å². The molecule has 4 heterocycles. The van der Waals surface area contributed by atoms with Gasteiger partial charge >= 0.3 is 0 Å². The van der Waals surface area contributed by atoms with Crippen molar-refractivity contribution in [1.29, 1.82) is 0 Å². The highest BCUT2D eigenvalue weighted by molar-refractivity contribution is 6.21. The molecule has 0 spiro atoms. The minimum atomic E-state index is 1.09. The fraction of sp³-hybridized carbons (Fsp3) is 0.0400. The average Bonchev–Trinajstić information content (AvgIpc) is 4.37. The molecule has 16 aromatic rings. The Morgan fingerprint density at radius 1 is 0.215 bits per heavy atom. The van der Waals surface area contributed by atoms with E-state index in [4.69, 9.17) is 0 Å². The van der Waals surface area contributed by atoms with Gasteiger partial charge < -0.3 is 18.3 Å². The maximum atomic E-state index is 2.49. The molecule has 16 rings (SSSR count). The minimum Gasteiger partial charge on any atom is -0.309 e. The van der Waals surface area contributed by atoms with Gasteiger partial charge in [-0.05, 0) is 142 Å². The lowest BCUT2D eigenvalue weighted by molar-refractivity contribution is 0.922. The first-order valence-corrected chi connectivity index (χ1v) is 27.6. The Labute approximate surface area is 457 Å². The number of hydrogen-bond donors (Lipinski definition) is 0. The Bertz CT molecular complexity index is 5020. The summed E-state index contributed by atoms with van der Waals surface area (Å²) in [6.07, 6.45) is 2.22. The van der Waals surface area contributed by atoms with Gasteiger partial charge in [-0.15, -0.1) is 0 Å². The maximum absolute atomic E-state index is 2.49. The van der Waals surface area contributed by atoms with Gasteiger partial charge in [-0.2, -0.15) is 0 Å². The quantitative estimate of drug-likeness (QED) is 0.137. The number of aryl methyl sites for hydroxylation is 1. The molecule has 0 saturated carbocycles. The highest BCUT2D eigenvalue weighted by atomic mass is 15.0. The third-order valence-corrected chi connectivity index (χ3v) is 16.7. The van der Waals surface area contributed by atoms with Crippen LogP contribution in [0.15, 0.2) is 273 Å². The molecule has 4 nitrogen and oxygen atoms in total. The molecule has 0 unspecified atom stereocenters. The van der Waals surface area contributed by atoms with Gasteiger partial charge in [-0.3, -0.25) is 0 Å². The van der Waals surface area contributed by atoms with Crippen LogP contribution in [0.4, 0.5) is 0 Å². The summed E-state index contributed by atoms with van der Waals surface area (Å²) in [6.45, 7) is 2.24. The molecule has 0 aliphatic carbocycles. The zero-order valence-electron chi connectivity index (χ0n) is 43.7. The van der Waals surface area contributed by atoms with Gasteiger partial charge in [0.05, 0.1) is 44.1 Å². The molecule has 12 aromatic carbocycles. The highest BCUT2D eigenvalue weighted by Crippen LogP contribution is 2.43. The van der Waals surface area contributed by atoms with Crippen LogP contribution in [0.5, 0.6) is 0 Å². The number of aromatic nitrogens is 4. The molecule has 0 amide bonds. The van der Waals surface area contributed by atoms with Crippen LogP contribution in [0, 0.1) is 0 Å². The Morgan fingerprint density at radius 2 is 0.519 bits per heavy atom. The Kier molecular flexibility index (Phi) is 10.3. The standard InChI is InChI=1S/C75H52N4/c1-2-16-49-27-29-53(30-28-49)55-36-42-63-67-46-65-61-24-13-15-26-69(61)77(57-21-10-5-11-22-57)73(65)48-75(67)79(71(63)44-55)59-39-33-52(34-40-59)51-31-37-58(38-32-51)78-70-43-54(50-17-6-3-7-18-50)35-41-62(70)66-45-64-60-23-12-14-25-68(60)76(72(64)47-74(66)78)56-19-8-4-9-20-56/h3-15,17-48H,2,16H2,1H3. The lowest BCUT2D eigenvalue weighted by Crippen LogP contribution is -1.96. The summed E-state index contributed by atoms with van der Waals surface area (Å²) in [5.74, 6) is 0. The van der Waals surface area contributed by atoms with E-state index >= 15 is 0 Å². The SMILES string of the molecule is CCCc1ccc(-c2ccc3c4cc5c6ccccc6n(-c6ccccc6)c5cc4n(-c4ccc(-c5ccc(-n6c7cc(-c8ccccc8)ccc7c7cc8c9ccccc9n(-c9ccccc9)c8cc76)cc5)cc4)c3c2)cc1. The highest BCUT2D eigenvalue weighted by Gasteiger charge is 2.22. The smallest absolute Gasteiger partial charge is 0.0562 e. The molecule has 0 bridgehead atoms. The largest absolute Gasteiger partial charge is 0.309 e. The van der Waals surface area contributed by atoms with E-state index in [1.54, 1.807) is 0 Å². The molecule has 4 heteroatoms. The molecule has 0 fully saturated rings. The molecule has 0 aliphatic heterocycles. The van der Waals surface area contributed by atoms with Crippen molar-refractivity contribution in [3.8, 4) is 56.1 Å². The van der Waals surface area contributed by atoms with Crippen LogP contribution in [0.1, 0.15) is 18.9 Å². The summed E-state index contributed by atoms with van der Waals surface area (Å²) >= 11 is 0. The van der Waals surface area contributed by atoms with Crippen LogP contribution in [-0.2, 0) is 6.42 Å². The number of para-hydroxylation sites is 4. The van der Waals surface area contributed by atoms with Crippen molar-refractivity contribution in [2.24, 2.45) is 0 Å². The topological polar surface area (TPSA) is 19.7 Å². The fourth-order valence-corrected chi connectivity index (χ4v) is 13.0. The fourth-order valence-electron chi connectivity index (χ4n) is 13.0. The molecule has 0 N–H and O–H groups in total. The van der Waals surface area contributed by atoms with Crippen molar-refractivity contribution in [3.05, 3.63) is 279 Å². The van der Waals surface area contributed by atoms with E-state index in [1.807, 2.05) is 0 Å². The third kappa shape index (κ3) is 7.15. The van der Waals surface area contributed by atoms with Gasteiger partial charge in [-0.25, -0.2) is 0 Å². The van der Waals surface area contributed by atoms with Crippen LogP contribution in [0.2, 0.25) is 0 Å². The van der Waals surface area contributed by atoms with Crippen LogP contribution >= 0.6 is 0 Å². The number of fused-ring (bicyclic) bond motifs is 12. The van der Waals surface area contributed by atoms with E-state index in [0.717, 1.165) is 46.7 Å². The maximum Gasteiger partial charge on any atom is 0.0562 e. The van der Waals surface area contributed by atoms with E-state index in [0.29, 0.717) is 0 Å². The molecule has 0 radical (unpaired) electrons. The second-order valence-electron chi connectivity index (χ2n) is 21.2. The number of rotatable bonds is 9. The average molecular weight is 1010 g/mol. The first kappa shape index (κ1) is 45.1. The lowest BCUT2D eigenvalue weighted by atomic mass is 10.0. The molecular formula is C75H52N4. The minimum absolute atomic E-state index is 1.09. The van der Waals surface area contributed by atoms with Gasteiger partial charge in [0.15, 0.2) is 0 Å². The summed E-state index contributed by atoms with van der Waals surface area (Å²) < 4.78 is 9.80. The molecular weight excluding hydrogens is 957 g/mol. The van der Waals surface area contributed by atoms with Gasteiger partial charge in [0.1, 0.15) is 0 Å². The van der Waals surface area contributed by atoms with Gasteiger partial charge in [0, 0.05) is 65.8 Å². The first-order valence-electron chi connectivity index (χ1n) is 27.6. The number of nitrogens with zero attached hydrogens (tertiary/aromatic N) is 4. The molecule has 79 heavy (non-hydrogen) atoms. The lowest BCUT2D eigenvalue weighted by Gasteiger charge is -2.13. The Balaban J connectivity index is 0.848. The van der Waals surface area contributed by atoms with E-state index in [2.05, 4.69) is 298 Å². The summed E-state index contributed by atoms with van der Waals surface area (Å²) in [5, 5.41) is 9.96. The monoisotopic (exact) mass is 1010 g/mol. The van der Waals surface area contributed by atoms with Crippen molar-refractivity contribution < 1.29 is 0 Å². The third-order valence-electron chi connectivity index (χ3n) is 16.7. The van der Waals surface area contributed by atoms with Crippen LogP contribution in [-0.4, -0.2) is 18.3 Å². The van der Waals surface area contributed by atoms with Crippen LogP contribution < -0.4 is 0 Å². The summed E-state index contributed by atoms with van der Waals surface area (Å²) in [5.41, 5.74) is 22.6. The normalized spacial score (nSPS) is 12.0. The van der Waals surface area contributed by atoms with Gasteiger partial charge in [0.25, 0.3) is 0 Å². The van der Waals surface area contributed by atoms with E-state index in [9.17, 15) is 0 Å². The van der Waals surface area contributed by atoms with E-state index < -0.39 is 0 Å². The zero-order valence-corrected chi connectivity index (χ0v) is 43.7. The molecule has 4 aromatic heterocycles. The van der Waals surface area contributed by atoms with Crippen LogP contribution in [0.3, 0.4) is 0 Å². The Hall–Kier alpha value is -10.2. The van der Waals surface area contributed by atoms with Crippen molar-refractivity contribution in [3.63, 3.8) is 0 Å². The number of benzene rings is 12. The first-order chi connectivity index (χ1) is 39.1. The van der Waals surface area contributed by atoms with Crippen LogP contribution in [0.25, 0.3) is 143 Å². The summed E-state index contributed by atoms with van der Waals surface area (Å²) in [7, 11) is 0. The predicted molar refractivity (Wildman–Crippen MR) is 334 cm³/mol. The molecule has 0 aliphatic rings. The van der Waals surface area contributed by atoms with Crippen molar-refractivity contribution in [1.82, 2.24) is 18.3 Å². The predicted octanol–water partition coefficient (Wildman–Crippen LogP) is 20.0. The van der Waals surface area contributed by atoms with Crippen molar-refractivity contribution in [2.45, 2.75) is 19.8 Å². The Morgan fingerprint density at radius 3 is 0.949 bits per heavy atom. The summed E-state index contributed by atoms with van der Waals surface area (Å²) in [4.78, 5) is 0. The molecule has 0 atom stereocenters. The van der Waals surface area contributed by atoms with E-state index in [1.165, 1.54) is 115 Å². The second kappa shape index (κ2) is 18.0. The molecule has 372 valence electrons.